The summed E-state index contributed by atoms with van der Waals surface area (Å²) in [6, 6.07) is 6.82. The third-order valence-electron chi connectivity index (χ3n) is 2.95. The number of nitrogens with two attached hydrogens (primary N) is 2. The van der Waals surface area contributed by atoms with Crippen LogP contribution in [0.1, 0.15) is 18.4 Å². The Bertz CT molecular complexity index is 463. The Labute approximate surface area is 95.7 Å². The average molecular weight is 240 g/mol. The summed E-state index contributed by atoms with van der Waals surface area (Å²) in [6.45, 7) is 0. The van der Waals surface area contributed by atoms with Gasteiger partial charge in [-0.25, -0.2) is 13.6 Å². The van der Waals surface area contributed by atoms with Crippen molar-refractivity contribution in [2.24, 2.45) is 16.8 Å². The van der Waals surface area contributed by atoms with Crippen LogP contribution in [0, 0.1) is 5.92 Å². The Morgan fingerprint density at radius 2 is 1.81 bits per heavy atom. The third kappa shape index (κ3) is 2.81. The molecule has 4 nitrogen and oxygen atoms in total. The molecule has 5 heteroatoms. The van der Waals surface area contributed by atoms with Gasteiger partial charge in [0.15, 0.2) is 0 Å². The highest BCUT2D eigenvalue weighted by Gasteiger charge is 2.28. The maximum atomic E-state index is 11.0. The van der Waals surface area contributed by atoms with E-state index in [9.17, 15) is 8.42 Å². The van der Waals surface area contributed by atoms with Crippen LogP contribution in [0.25, 0.3) is 0 Å². The number of hydrogen-bond acceptors (Lipinski definition) is 3. The van der Waals surface area contributed by atoms with Gasteiger partial charge in [0, 0.05) is 6.04 Å². The summed E-state index contributed by atoms with van der Waals surface area (Å²) in [5.74, 6) is 0.651. The van der Waals surface area contributed by atoms with Crippen molar-refractivity contribution in [2.45, 2.75) is 30.2 Å². The van der Waals surface area contributed by atoms with Crippen molar-refractivity contribution < 1.29 is 8.42 Å². The normalized spacial score (nSPS) is 18.4. The largest absolute Gasteiger partial charge is 0.327 e. The molecular formula is C11H16N2O2S. The van der Waals surface area contributed by atoms with Crippen LogP contribution in [0.5, 0.6) is 0 Å². The molecule has 1 atom stereocenters. The lowest BCUT2D eigenvalue weighted by molar-refractivity contribution is 0.590. The van der Waals surface area contributed by atoms with Crippen molar-refractivity contribution in [2.75, 3.05) is 0 Å². The summed E-state index contributed by atoms with van der Waals surface area (Å²) in [7, 11) is -3.58. The summed E-state index contributed by atoms with van der Waals surface area (Å²) in [6.07, 6.45) is 3.24. The molecule has 2 rings (SSSR count). The number of benzene rings is 1. The van der Waals surface area contributed by atoms with E-state index in [4.69, 9.17) is 10.9 Å². The fourth-order valence-electron chi connectivity index (χ4n) is 1.78. The minimum absolute atomic E-state index is 0.149. The Morgan fingerprint density at radius 1 is 1.25 bits per heavy atom. The number of primary sulfonamides is 1. The number of sulfonamides is 1. The summed E-state index contributed by atoms with van der Waals surface area (Å²) in [5, 5.41) is 5.01. The molecule has 88 valence electrons. The van der Waals surface area contributed by atoms with E-state index < -0.39 is 10.0 Å². The van der Waals surface area contributed by atoms with Gasteiger partial charge in [-0.15, -0.1) is 0 Å². The molecule has 0 heterocycles. The second-order valence-corrected chi connectivity index (χ2v) is 5.96. The van der Waals surface area contributed by atoms with E-state index in [-0.39, 0.29) is 10.9 Å². The standard InChI is InChI=1S/C11H16N2O2S/c12-11(9-3-4-9)7-8-1-5-10(6-2-8)16(13,14)15/h1-2,5-6,9,11H,3-4,7,12H2,(H2,13,14,15). The zero-order valence-corrected chi connectivity index (χ0v) is 9.78. The molecule has 4 N–H and O–H groups in total. The lowest BCUT2D eigenvalue weighted by atomic mass is 10.0. The molecule has 0 aliphatic heterocycles. The van der Waals surface area contributed by atoms with Crippen LogP contribution in [0.15, 0.2) is 29.2 Å². The predicted molar refractivity (Wildman–Crippen MR) is 62.2 cm³/mol. The Balaban J connectivity index is 2.07. The zero-order chi connectivity index (χ0) is 11.8. The fraction of sp³-hybridized carbons (Fsp3) is 0.455. The van der Waals surface area contributed by atoms with Gasteiger partial charge in [0.1, 0.15) is 0 Å². The minimum Gasteiger partial charge on any atom is -0.327 e. The summed E-state index contributed by atoms with van der Waals surface area (Å²) >= 11 is 0. The molecule has 0 radical (unpaired) electrons. The average Bonchev–Trinajstić information content (AvgIpc) is 3.00. The lowest BCUT2D eigenvalue weighted by Gasteiger charge is -2.10. The highest BCUT2D eigenvalue weighted by molar-refractivity contribution is 7.89. The molecule has 1 saturated carbocycles. The Kier molecular flexibility index (Phi) is 3.01. The van der Waals surface area contributed by atoms with Gasteiger partial charge >= 0.3 is 0 Å². The number of hydrogen-bond donors (Lipinski definition) is 2. The first-order valence-electron chi connectivity index (χ1n) is 5.34. The summed E-state index contributed by atoms with van der Waals surface area (Å²) in [4.78, 5) is 0.149. The predicted octanol–water partition coefficient (Wildman–Crippen LogP) is 0.614. The van der Waals surface area contributed by atoms with E-state index in [2.05, 4.69) is 0 Å². The zero-order valence-electron chi connectivity index (χ0n) is 8.96. The monoisotopic (exact) mass is 240 g/mol. The van der Waals surface area contributed by atoms with Crippen LogP contribution in [0.4, 0.5) is 0 Å². The minimum atomic E-state index is -3.58. The first-order valence-corrected chi connectivity index (χ1v) is 6.89. The van der Waals surface area contributed by atoms with Gasteiger partial charge in [-0.05, 0) is 42.9 Å². The molecule has 1 unspecified atom stereocenters. The molecule has 0 spiro atoms. The molecular weight excluding hydrogens is 224 g/mol. The molecule has 1 aromatic carbocycles. The van der Waals surface area contributed by atoms with E-state index in [0.717, 1.165) is 12.0 Å². The van der Waals surface area contributed by atoms with E-state index in [0.29, 0.717) is 5.92 Å². The quantitative estimate of drug-likeness (QED) is 0.808. The van der Waals surface area contributed by atoms with Gasteiger partial charge in [0.25, 0.3) is 0 Å². The van der Waals surface area contributed by atoms with Crippen molar-refractivity contribution >= 4 is 10.0 Å². The van der Waals surface area contributed by atoms with E-state index in [1.54, 1.807) is 12.1 Å². The van der Waals surface area contributed by atoms with Crippen LogP contribution in [0.3, 0.4) is 0 Å². The van der Waals surface area contributed by atoms with Crippen molar-refractivity contribution in [3.63, 3.8) is 0 Å². The smallest absolute Gasteiger partial charge is 0.238 e. The van der Waals surface area contributed by atoms with Crippen LogP contribution in [0.2, 0.25) is 0 Å². The first kappa shape index (κ1) is 11.6. The van der Waals surface area contributed by atoms with Crippen LogP contribution in [-0.2, 0) is 16.4 Å². The fourth-order valence-corrected chi connectivity index (χ4v) is 2.29. The van der Waals surface area contributed by atoms with Gasteiger partial charge in [0.2, 0.25) is 10.0 Å². The second kappa shape index (κ2) is 4.16. The van der Waals surface area contributed by atoms with Crippen molar-refractivity contribution in [1.82, 2.24) is 0 Å². The summed E-state index contributed by atoms with van der Waals surface area (Å²) < 4.78 is 22.1. The molecule has 1 fully saturated rings. The van der Waals surface area contributed by atoms with Crippen LogP contribution < -0.4 is 10.9 Å². The number of rotatable bonds is 4. The van der Waals surface area contributed by atoms with Gasteiger partial charge in [-0.1, -0.05) is 12.1 Å². The molecule has 0 bridgehead atoms. The molecule has 0 saturated heterocycles. The van der Waals surface area contributed by atoms with Crippen molar-refractivity contribution in [1.29, 1.82) is 0 Å². The maximum Gasteiger partial charge on any atom is 0.238 e. The van der Waals surface area contributed by atoms with Crippen LogP contribution >= 0.6 is 0 Å². The van der Waals surface area contributed by atoms with Gasteiger partial charge in [0.05, 0.1) is 4.90 Å². The van der Waals surface area contributed by atoms with Gasteiger partial charge in [-0.2, -0.15) is 0 Å². The molecule has 0 amide bonds. The summed E-state index contributed by atoms with van der Waals surface area (Å²) in [5.41, 5.74) is 7.05. The molecule has 0 aromatic heterocycles. The Morgan fingerprint density at radius 3 is 2.25 bits per heavy atom. The van der Waals surface area contributed by atoms with Gasteiger partial charge < -0.3 is 5.73 Å². The van der Waals surface area contributed by atoms with E-state index in [1.807, 2.05) is 0 Å². The molecule has 16 heavy (non-hydrogen) atoms. The molecule has 1 aliphatic rings. The van der Waals surface area contributed by atoms with Crippen molar-refractivity contribution in [3.05, 3.63) is 29.8 Å². The van der Waals surface area contributed by atoms with Gasteiger partial charge in [-0.3, -0.25) is 0 Å². The first-order chi connectivity index (χ1) is 7.47. The van der Waals surface area contributed by atoms with E-state index >= 15 is 0 Å². The molecule has 1 aromatic rings. The highest BCUT2D eigenvalue weighted by atomic mass is 32.2. The second-order valence-electron chi connectivity index (χ2n) is 4.39. The SMILES string of the molecule is NC(Cc1ccc(S(N)(=O)=O)cc1)C1CC1. The topological polar surface area (TPSA) is 86.2 Å². The van der Waals surface area contributed by atoms with Crippen LogP contribution in [-0.4, -0.2) is 14.5 Å². The Hall–Kier alpha value is -0.910. The van der Waals surface area contributed by atoms with E-state index in [1.165, 1.54) is 25.0 Å². The van der Waals surface area contributed by atoms with Crippen molar-refractivity contribution in [3.8, 4) is 0 Å². The maximum absolute atomic E-state index is 11.0. The highest BCUT2D eigenvalue weighted by Crippen LogP contribution is 2.32. The third-order valence-corrected chi connectivity index (χ3v) is 3.88. The lowest BCUT2D eigenvalue weighted by Crippen LogP contribution is -2.25. The molecule has 1 aliphatic carbocycles.